The summed E-state index contributed by atoms with van der Waals surface area (Å²) in [5.74, 6) is 0.0584. The first-order valence-electron chi connectivity index (χ1n) is 15.0. The van der Waals surface area contributed by atoms with E-state index < -0.39 is 10.0 Å². The molecule has 226 valence electrons. The fourth-order valence-corrected chi connectivity index (χ4v) is 5.92. The van der Waals surface area contributed by atoms with Crippen LogP contribution < -0.4 is 20.3 Å². The van der Waals surface area contributed by atoms with Crippen molar-refractivity contribution < 1.29 is 18.0 Å². The fraction of sp³-hybridized carbons (Fsp3) is 0.562. The number of carbonyl (C=O) groups excluding carboxylic acids is 2. The second-order valence-electron chi connectivity index (χ2n) is 11.5. The van der Waals surface area contributed by atoms with E-state index in [-0.39, 0.29) is 29.7 Å². The second-order valence-corrected chi connectivity index (χ2v) is 13.8. The van der Waals surface area contributed by atoms with Crippen LogP contribution in [0.2, 0.25) is 0 Å². The molecule has 41 heavy (non-hydrogen) atoms. The molecule has 0 aromatic heterocycles. The van der Waals surface area contributed by atoms with Crippen LogP contribution in [0.5, 0.6) is 0 Å². The van der Waals surface area contributed by atoms with Crippen molar-refractivity contribution in [2.75, 3.05) is 30.2 Å². The summed E-state index contributed by atoms with van der Waals surface area (Å²) >= 11 is 0. The Balaban J connectivity index is 1.91. The van der Waals surface area contributed by atoms with Crippen LogP contribution in [0.4, 0.5) is 5.69 Å². The smallest absolute Gasteiger partial charge is 0.251 e. The molecule has 0 saturated carbocycles. The number of sulfonamides is 1. The molecule has 0 saturated heterocycles. The summed E-state index contributed by atoms with van der Waals surface area (Å²) in [6, 6.07) is 13.3. The van der Waals surface area contributed by atoms with Crippen LogP contribution in [0.3, 0.4) is 0 Å². The number of aryl methyl sites for hydroxylation is 2. The Kier molecular flexibility index (Phi) is 12.2. The zero-order valence-electron chi connectivity index (χ0n) is 25.3. The normalized spacial score (nSPS) is 16.9. The van der Waals surface area contributed by atoms with Crippen molar-refractivity contribution in [3.63, 3.8) is 0 Å². The number of hydrogen-bond donors (Lipinski definition) is 3. The molecule has 2 amide bonds. The van der Waals surface area contributed by atoms with Gasteiger partial charge in [0.15, 0.2) is 0 Å². The summed E-state index contributed by atoms with van der Waals surface area (Å²) in [6.45, 7) is 8.84. The van der Waals surface area contributed by atoms with E-state index in [1.165, 1.54) is 16.9 Å². The van der Waals surface area contributed by atoms with Gasteiger partial charge in [0.05, 0.1) is 17.5 Å². The fourth-order valence-electron chi connectivity index (χ4n) is 5.11. The second kappa shape index (κ2) is 15.4. The van der Waals surface area contributed by atoms with Crippen LogP contribution in [0.25, 0.3) is 0 Å². The first-order valence-corrected chi connectivity index (χ1v) is 16.6. The maximum absolute atomic E-state index is 13.7. The van der Waals surface area contributed by atoms with Crippen LogP contribution >= 0.6 is 0 Å². The standard InChI is InChI=1S/C32H48N4O4S/c1-6-11-30(32(38)34-21-23(3)4)33-22-28-18-25-15-10-14-24(16-25)12-8-9-13-26-17-27(31(37)35-28)20-29(19-26)36(5)41(39,40)7-2/h10,14-17,19-20,23,28,30,33H,6-9,11-13,18,21-22H2,1-5H3,(H,34,38)(H,35,37)/t28-,30-/m0/s1. The summed E-state index contributed by atoms with van der Waals surface area (Å²) in [6.07, 6.45) is 5.79. The van der Waals surface area contributed by atoms with Gasteiger partial charge >= 0.3 is 0 Å². The molecule has 0 radical (unpaired) electrons. The number of hydrogen-bond acceptors (Lipinski definition) is 5. The molecule has 1 aliphatic heterocycles. The summed E-state index contributed by atoms with van der Waals surface area (Å²) < 4.78 is 26.6. The molecule has 2 aromatic carbocycles. The third kappa shape index (κ3) is 9.85. The molecule has 9 heteroatoms. The Morgan fingerprint density at radius 3 is 2.44 bits per heavy atom. The Morgan fingerprint density at radius 1 is 1.05 bits per heavy atom. The van der Waals surface area contributed by atoms with Gasteiger partial charge in [-0.2, -0.15) is 0 Å². The predicted octanol–water partition coefficient (Wildman–Crippen LogP) is 4.22. The highest BCUT2D eigenvalue weighted by molar-refractivity contribution is 7.92. The Morgan fingerprint density at radius 2 is 1.76 bits per heavy atom. The van der Waals surface area contributed by atoms with Crippen LogP contribution in [0.15, 0.2) is 42.5 Å². The lowest BCUT2D eigenvalue weighted by molar-refractivity contribution is -0.123. The number of benzene rings is 2. The zero-order chi connectivity index (χ0) is 30.0. The van der Waals surface area contributed by atoms with Gasteiger partial charge in [0.1, 0.15) is 0 Å². The summed E-state index contributed by atoms with van der Waals surface area (Å²) in [4.78, 5) is 26.6. The number of anilines is 1. The molecule has 4 bridgehead atoms. The lowest BCUT2D eigenvalue weighted by Gasteiger charge is -2.25. The number of carbonyl (C=O) groups is 2. The molecule has 2 aromatic rings. The van der Waals surface area contributed by atoms with Gasteiger partial charge in [0, 0.05) is 31.7 Å². The van der Waals surface area contributed by atoms with Gasteiger partial charge in [-0.1, -0.05) is 51.5 Å². The molecule has 1 heterocycles. The van der Waals surface area contributed by atoms with Gasteiger partial charge in [-0.25, -0.2) is 8.42 Å². The van der Waals surface area contributed by atoms with Crippen LogP contribution in [0, 0.1) is 5.92 Å². The van der Waals surface area contributed by atoms with Crippen LogP contribution in [-0.2, 0) is 34.1 Å². The minimum atomic E-state index is -3.48. The first-order chi connectivity index (χ1) is 19.5. The van der Waals surface area contributed by atoms with Crippen molar-refractivity contribution in [1.29, 1.82) is 0 Å². The van der Waals surface area contributed by atoms with Crippen molar-refractivity contribution in [3.05, 3.63) is 64.7 Å². The molecule has 0 unspecified atom stereocenters. The van der Waals surface area contributed by atoms with Crippen molar-refractivity contribution in [1.82, 2.24) is 16.0 Å². The minimum absolute atomic E-state index is 0.0210. The van der Waals surface area contributed by atoms with Crippen molar-refractivity contribution in [2.24, 2.45) is 5.92 Å². The molecule has 3 N–H and O–H groups in total. The van der Waals surface area contributed by atoms with Crippen molar-refractivity contribution >= 4 is 27.5 Å². The molecular formula is C32H48N4O4S. The molecule has 0 spiro atoms. The number of amides is 2. The lowest BCUT2D eigenvalue weighted by Crippen LogP contribution is -2.51. The molecule has 1 aliphatic rings. The van der Waals surface area contributed by atoms with E-state index in [0.29, 0.717) is 43.1 Å². The monoisotopic (exact) mass is 584 g/mol. The van der Waals surface area contributed by atoms with Gasteiger partial charge in [0.25, 0.3) is 5.91 Å². The van der Waals surface area contributed by atoms with Gasteiger partial charge in [-0.05, 0) is 86.3 Å². The summed E-state index contributed by atoms with van der Waals surface area (Å²) in [5, 5.41) is 9.65. The van der Waals surface area contributed by atoms with E-state index in [4.69, 9.17) is 0 Å². The van der Waals surface area contributed by atoms with Gasteiger partial charge in [-0.3, -0.25) is 13.9 Å². The highest BCUT2D eigenvalue weighted by atomic mass is 32.2. The molecular weight excluding hydrogens is 536 g/mol. The summed E-state index contributed by atoms with van der Waals surface area (Å²) in [5.41, 5.74) is 4.26. The number of nitrogens with zero attached hydrogens (tertiary/aromatic N) is 1. The average molecular weight is 585 g/mol. The average Bonchev–Trinajstić information content (AvgIpc) is 2.95. The Bertz CT molecular complexity index is 1280. The third-order valence-electron chi connectivity index (χ3n) is 7.56. The van der Waals surface area contributed by atoms with Gasteiger partial charge in [-0.15, -0.1) is 0 Å². The zero-order valence-corrected chi connectivity index (χ0v) is 26.1. The topological polar surface area (TPSA) is 108 Å². The first kappa shape index (κ1) is 32.6. The maximum atomic E-state index is 13.7. The maximum Gasteiger partial charge on any atom is 0.251 e. The third-order valence-corrected chi connectivity index (χ3v) is 9.34. The number of nitrogens with one attached hydrogen (secondary N) is 3. The highest BCUT2D eigenvalue weighted by Crippen LogP contribution is 2.23. The van der Waals surface area contributed by atoms with Crippen molar-refractivity contribution in [3.8, 4) is 0 Å². The molecule has 0 aliphatic carbocycles. The van der Waals surface area contributed by atoms with Gasteiger partial charge < -0.3 is 16.0 Å². The van der Waals surface area contributed by atoms with E-state index in [2.05, 4.69) is 61.0 Å². The number of fused-ring (bicyclic) bond motifs is 4. The lowest BCUT2D eigenvalue weighted by atomic mass is 9.97. The van der Waals surface area contributed by atoms with E-state index in [0.717, 1.165) is 43.2 Å². The molecule has 8 nitrogen and oxygen atoms in total. The van der Waals surface area contributed by atoms with E-state index >= 15 is 0 Å². The summed E-state index contributed by atoms with van der Waals surface area (Å²) in [7, 11) is -1.94. The highest BCUT2D eigenvalue weighted by Gasteiger charge is 2.23. The van der Waals surface area contributed by atoms with Gasteiger partial charge in [0.2, 0.25) is 15.9 Å². The SMILES string of the molecule is CCC[C@H](NC[C@@H]1Cc2cccc(c2)CCCCc2cc(cc(N(C)S(=O)(=O)CC)c2)C(=O)N1)C(=O)NCC(C)C. The minimum Gasteiger partial charge on any atom is -0.354 e. The quantitative estimate of drug-likeness (QED) is 0.367. The predicted molar refractivity (Wildman–Crippen MR) is 167 cm³/mol. The molecule has 3 rings (SSSR count). The van der Waals surface area contributed by atoms with E-state index in [1.54, 1.807) is 13.0 Å². The Hall–Kier alpha value is -2.91. The largest absolute Gasteiger partial charge is 0.354 e. The van der Waals surface area contributed by atoms with Crippen LogP contribution in [0.1, 0.15) is 80.4 Å². The van der Waals surface area contributed by atoms with Crippen LogP contribution in [-0.4, -0.2) is 58.2 Å². The molecule has 0 fully saturated rings. The van der Waals surface area contributed by atoms with E-state index in [1.807, 2.05) is 12.1 Å². The van der Waals surface area contributed by atoms with E-state index in [9.17, 15) is 18.0 Å². The number of rotatable bonds is 11. The molecule has 2 atom stereocenters. The Labute approximate surface area is 246 Å². The van der Waals surface area contributed by atoms with Crippen molar-refractivity contribution in [2.45, 2.75) is 84.7 Å².